The number of piperidine rings is 1. The number of hydrogen-bond donors (Lipinski definition) is 0. The molecule has 1 aliphatic rings. The molecule has 0 aliphatic carbocycles. The molecule has 1 atom stereocenters. The lowest BCUT2D eigenvalue weighted by Crippen LogP contribution is -2.46. The average Bonchev–Trinajstić information content (AvgIpc) is 3.35. The molecule has 2 aromatic rings. The first-order valence-electron chi connectivity index (χ1n) is 12.2. The van der Waals surface area contributed by atoms with E-state index in [-0.39, 0.29) is 43.8 Å². The maximum absolute atomic E-state index is 13.4. The van der Waals surface area contributed by atoms with Crippen molar-refractivity contribution in [3.05, 3.63) is 35.2 Å². The summed E-state index contributed by atoms with van der Waals surface area (Å²) in [6.45, 7) is 4.99. The fourth-order valence-electron chi connectivity index (χ4n) is 4.10. The second kappa shape index (κ2) is 13.2. The van der Waals surface area contributed by atoms with Gasteiger partial charge in [-0.2, -0.15) is 4.98 Å². The molecule has 1 fully saturated rings. The Bertz CT molecular complexity index is 1010. The summed E-state index contributed by atoms with van der Waals surface area (Å²) in [5.74, 6) is -0.0150. The number of aromatic nitrogens is 2. The van der Waals surface area contributed by atoms with Gasteiger partial charge in [-0.15, -0.1) is 0 Å². The minimum Gasteiger partial charge on any atom is -0.466 e. The third-order valence-electron chi connectivity index (χ3n) is 5.94. The van der Waals surface area contributed by atoms with Crippen molar-refractivity contribution in [2.75, 3.05) is 26.2 Å². The van der Waals surface area contributed by atoms with Crippen molar-refractivity contribution in [3.63, 3.8) is 0 Å². The van der Waals surface area contributed by atoms with Crippen molar-refractivity contribution in [1.29, 1.82) is 0 Å². The number of hydrogen-bond acceptors (Lipinski definition) is 7. The maximum atomic E-state index is 13.4. The molecule has 1 unspecified atom stereocenters. The predicted octanol–water partition coefficient (Wildman–Crippen LogP) is 4.42. The summed E-state index contributed by atoms with van der Waals surface area (Å²) in [5, 5.41) is 4.66. The van der Waals surface area contributed by atoms with Crippen LogP contribution in [0.5, 0.6) is 0 Å². The first kappa shape index (κ1) is 26.7. The second-order valence-corrected chi connectivity index (χ2v) is 8.98. The van der Waals surface area contributed by atoms with Crippen LogP contribution in [0.3, 0.4) is 0 Å². The van der Waals surface area contributed by atoms with E-state index in [0.717, 1.165) is 31.2 Å². The molecular weight excluding hydrogens is 472 g/mol. The van der Waals surface area contributed by atoms with E-state index < -0.39 is 5.97 Å². The summed E-state index contributed by atoms with van der Waals surface area (Å²) >= 11 is 6.08. The number of unbranched alkanes of at least 4 members (excludes halogenated alkanes) is 1. The molecule has 0 spiro atoms. The lowest BCUT2D eigenvalue weighted by molar-refractivity contribution is -0.147. The highest BCUT2D eigenvalue weighted by Gasteiger charge is 2.33. The Hall–Kier alpha value is -2.94. The van der Waals surface area contributed by atoms with E-state index in [0.29, 0.717) is 36.2 Å². The molecule has 2 amide bonds. The lowest BCUT2D eigenvalue weighted by Gasteiger charge is -2.35. The standard InChI is InChI=1S/C25H33ClN4O5/c1-3-5-14-29(21(31)12-13-23(33)34-4-2)17-22(32)30-15-7-6-11-20(30)25-27-24(28-35-25)18-9-8-10-19(26)16-18/h8-10,16,20H,3-7,11-15,17H2,1-2H3. The normalized spacial score (nSPS) is 15.6. The molecule has 1 saturated heterocycles. The van der Waals surface area contributed by atoms with Gasteiger partial charge in [0.1, 0.15) is 6.04 Å². The Balaban J connectivity index is 1.70. The van der Waals surface area contributed by atoms with Gasteiger partial charge in [0.15, 0.2) is 0 Å². The van der Waals surface area contributed by atoms with E-state index in [9.17, 15) is 14.4 Å². The zero-order valence-electron chi connectivity index (χ0n) is 20.4. The van der Waals surface area contributed by atoms with E-state index in [1.54, 1.807) is 28.9 Å². The zero-order valence-corrected chi connectivity index (χ0v) is 21.1. The van der Waals surface area contributed by atoms with Crippen molar-refractivity contribution in [3.8, 4) is 11.4 Å². The molecule has 0 radical (unpaired) electrons. The van der Waals surface area contributed by atoms with E-state index in [1.807, 2.05) is 19.1 Å². The van der Waals surface area contributed by atoms with Crippen LogP contribution in [0.1, 0.15) is 70.7 Å². The number of carbonyl (C=O) groups is 3. The Labute approximate surface area is 210 Å². The number of benzene rings is 1. The monoisotopic (exact) mass is 504 g/mol. The summed E-state index contributed by atoms with van der Waals surface area (Å²) in [4.78, 5) is 45.7. The van der Waals surface area contributed by atoms with Crippen LogP contribution in [0, 0.1) is 0 Å². The van der Waals surface area contributed by atoms with Gasteiger partial charge in [0.2, 0.25) is 23.5 Å². The van der Waals surface area contributed by atoms with E-state index in [2.05, 4.69) is 10.1 Å². The minimum atomic E-state index is -0.411. The van der Waals surface area contributed by atoms with E-state index >= 15 is 0 Å². The van der Waals surface area contributed by atoms with Gasteiger partial charge in [-0.25, -0.2) is 0 Å². The number of halogens is 1. The molecule has 0 N–H and O–H groups in total. The van der Waals surface area contributed by atoms with E-state index in [1.165, 1.54) is 0 Å². The molecule has 1 aromatic heterocycles. The summed E-state index contributed by atoms with van der Waals surface area (Å²) in [5.41, 5.74) is 0.735. The largest absolute Gasteiger partial charge is 0.466 e. The maximum Gasteiger partial charge on any atom is 0.306 e. The van der Waals surface area contributed by atoms with Gasteiger partial charge in [0.05, 0.1) is 19.6 Å². The lowest BCUT2D eigenvalue weighted by atomic mass is 10.0. The topological polar surface area (TPSA) is 106 Å². The number of carbonyl (C=O) groups excluding carboxylic acids is 3. The van der Waals surface area contributed by atoms with Gasteiger partial charge in [-0.1, -0.05) is 42.2 Å². The van der Waals surface area contributed by atoms with Crippen molar-refractivity contribution in [1.82, 2.24) is 19.9 Å². The van der Waals surface area contributed by atoms with Crippen molar-refractivity contribution >= 4 is 29.4 Å². The molecule has 0 saturated carbocycles. The second-order valence-electron chi connectivity index (χ2n) is 8.54. The number of likely N-dealkylation sites (tertiary alicyclic amines) is 1. The van der Waals surface area contributed by atoms with Crippen LogP contribution < -0.4 is 0 Å². The Morgan fingerprint density at radius 1 is 1.23 bits per heavy atom. The van der Waals surface area contributed by atoms with Crippen LogP contribution in [-0.2, 0) is 19.1 Å². The molecule has 190 valence electrons. The molecular formula is C25H33ClN4O5. The van der Waals surface area contributed by atoms with Crippen LogP contribution in [0.25, 0.3) is 11.4 Å². The highest BCUT2D eigenvalue weighted by atomic mass is 35.5. The van der Waals surface area contributed by atoms with Gasteiger partial charge >= 0.3 is 5.97 Å². The number of esters is 1. The quantitative estimate of drug-likeness (QED) is 0.417. The molecule has 10 heteroatoms. The fourth-order valence-corrected chi connectivity index (χ4v) is 4.29. The van der Waals surface area contributed by atoms with Crippen LogP contribution in [0.4, 0.5) is 0 Å². The van der Waals surface area contributed by atoms with Gasteiger partial charge in [0, 0.05) is 30.1 Å². The molecule has 35 heavy (non-hydrogen) atoms. The fraction of sp³-hybridized carbons (Fsp3) is 0.560. The highest BCUT2D eigenvalue weighted by molar-refractivity contribution is 6.30. The Morgan fingerprint density at radius 3 is 2.80 bits per heavy atom. The molecule has 1 aromatic carbocycles. The van der Waals surface area contributed by atoms with Crippen LogP contribution in [-0.4, -0.2) is 64.0 Å². The number of rotatable bonds is 11. The van der Waals surface area contributed by atoms with Gasteiger partial charge in [0.25, 0.3) is 0 Å². The Kier molecular flexibility index (Phi) is 10.1. The van der Waals surface area contributed by atoms with E-state index in [4.69, 9.17) is 20.9 Å². The first-order valence-corrected chi connectivity index (χ1v) is 12.6. The third kappa shape index (κ3) is 7.52. The third-order valence-corrected chi connectivity index (χ3v) is 6.18. The van der Waals surface area contributed by atoms with Crippen LogP contribution in [0.15, 0.2) is 28.8 Å². The molecule has 9 nitrogen and oxygen atoms in total. The first-order chi connectivity index (χ1) is 16.9. The zero-order chi connectivity index (χ0) is 25.2. The van der Waals surface area contributed by atoms with Crippen molar-refractivity contribution < 1.29 is 23.6 Å². The predicted molar refractivity (Wildman–Crippen MR) is 130 cm³/mol. The van der Waals surface area contributed by atoms with Gasteiger partial charge in [-0.05, 0) is 44.7 Å². The average molecular weight is 505 g/mol. The molecule has 1 aliphatic heterocycles. The van der Waals surface area contributed by atoms with Crippen molar-refractivity contribution in [2.24, 2.45) is 0 Å². The number of nitrogens with zero attached hydrogens (tertiary/aromatic N) is 4. The molecule has 0 bridgehead atoms. The summed E-state index contributed by atoms with van der Waals surface area (Å²) < 4.78 is 10.5. The molecule has 2 heterocycles. The smallest absolute Gasteiger partial charge is 0.306 e. The van der Waals surface area contributed by atoms with Crippen LogP contribution in [0.2, 0.25) is 5.02 Å². The number of ether oxygens (including phenoxy) is 1. The van der Waals surface area contributed by atoms with Crippen molar-refractivity contribution in [2.45, 2.75) is 64.8 Å². The SMILES string of the molecule is CCCCN(CC(=O)N1CCCCC1c1nc(-c2cccc(Cl)c2)no1)C(=O)CCC(=O)OCC. The van der Waals surface area contributed by atoms with Crippen LogP contribution >= 0.6 is 11.6 Å². The summed E-state index contributed by atoms with van der Waals surface area (Å²) in [7, 11) is 0. The molecule has 3 rings (SSSR count). The summed E-state index contributed by atoms with van der Waals surface area (Å²) in [6.07, 6.45) is 4.18. The van der Waals surface area contributed by atoms with Gasteiger partial charge < -0.3 is 19.1 Å². The van der Waals surface area contributed by atoms with Gasteiger partial charge in [-0.3, -0.25) is 14.4 Å². The highest BCUT2D eigenvalue weighted by Crippen LogP contribution is 2.31. The summed E-state index contributed by atoms with van der Waals surface area (Å²) in [6, 6.07) is 6.84. The minimum absolute atomic E-state index is 0.00406. The Morgan fingerprint density at radius 2 is 2.06 bits per heavy atom. The number of amides is 2.